The van der Waals surface area contributed by atoms with Crippen molar-refractivity contribution >= 4 is 17.6 Å². The normalized spacial score (nSPS) is 8.33. The predicted molar refractivity (Wildman–Crippen MR) is 42.4 cm³/mol. The van der Waals surface area contributed by atoms with Crippen LogP contribution in [-0.4, -0.2) is 5.37 Å². The van der Waals surface area contributed by atoms with Gasteiger partial charge in [-0.15, -0.1) is 0 Å². The quantitative estimate of drug-likeness (QED) is 0.434. The average molecular weight is 141 g/mol. The summed E-state index contributed by atoms with van der Waals surface area (Å²) < 4.78 is 0. The Labute approximate surface area is 61.7 Å². The van der Waals surface area contributed by atoms with Crippen molar-refractivity contribution in [3.63, 3.8) is 0 Å². The highest BCUT2D eigenvalue weighted by Gasteiger charge is 1.84. The molecule has 0 aromatic carbocycles. The van der Waals surface area contributed by atoms with Gasteiger partial charge in [0.05, 0.1) is 6.07 Å². The lowest BCUT2D eigenvalue weighted by Gasteiger charge is -1.90. The monoisotopic (exact) mass is 141 g/mol. The zero-order valence-corrected chi connectivity index (χ0v) is 6.28. The summed E-state index contributed by atoms with van der Waals surface area (Å²) in [5.74, 6) is 0. The largest absolute Gasteiger partial charge is 0.198 e. The number of unbranched alkanes of at least 4 members (excludes halogenated alkanes) is 4. The van der Waals surface area contributed by atoms with Gasteiger partial charge in [-0.25, -0.2) is 0 Å². The maximum atomic E-state index is 8.14. The van der Waals surface area contributed by atoms with Crippen molar-refractivity contribution in [3.05, 3.63) is 0 Å². The van der Waals surface area contributed by atoms with E-state index in [-0.39, 0.29) is 0 Å². The lowest BCUT2D eigenvalue weighted by atomic mass is 10.2. The van der Waals surface area contributed by atoms with Crippen LogP contribution in [0.2, 0.25) is 0 Å². The summed E-state index contributed by atoms with van der Waals surface area (Å²) >= 11 is 4.64. The molecule has 0 bridgehead atoms. The van der Waals surface area contributed by atoms with E-state index < -0.39 is 0 Å². The molecule has 0 aliphatic rings. The van der Waals surface area contributed by atoms with Crippen LogP contribution < -0.4 is 0 Å². The smallest absolute Gasteiger partial charge is 0.0621 e. The van der Waals surface area contributed by atoms with Crippen LogP contribution in [0.3, 0.4) is 0 Å². The van der Waals surface area contributed by atoms with Gasteiger partial charge in [-0.1, -0.05) is 18.6 Å². The molecule has 0 aromatic rings. The van der Waals surface area contributed by atoms with Crippen LogP contribution in [-0.2, 0) is 0 Å². The highest BCUT2D eigenvalue weighted by atomic mass is 32.1. The van der Waals surface area contributed by atoms with Crippen molar-refractivity contribution < 1.29 is 0 Å². The van der Waals surface area contributed by atoms with Gasteiger partial charge in [0.1, 0.15) is 0 Å². The number of nitriles is 1. The van der Waals surface area contributed by atoms with E-state index in [1.807, 2.05) is 0 Å². The minimum Gasteiger partial charge on any atom is -0.198 e. The summed E-state index contributed by atoms with van der Waals surface area (Å²) in [5, 5.41) is 9.90. The summed E-state index contributed by atoms with van der Waals surface area (Å²) in [4.78, 5) is 0. The van der Waals surface area contributed by atoms with Crippen molar-refractivity contribution in [1.29, 1.82) is 5.26 Å². The standard InChI is InChI=1S/C7H11NS/c8-6-4-2-1-3-5-7-9/h7H,1-5H2. The molecular formula is C7H11NS. The van der Waals surface area contributed by atoms with Gasteiger partial charge in [-0.2, -0.15) is 5.26 Å². The molecule has 0 saturated heterocycles. The summed E-state index contributed by atoms with van der Waals surface area (Å²) in [6.07, 6.45) is 5.02. The zero-order valence-electron chi connectivity index (χ0n) is 5.47. The highest BCUT2D eigenvalue weighted by Crippen LogP contribution is 2.00. The molecule has 0 aromatic heterocycles. The third-order valence-electron chi connectivity index (χ3n) is 1.11. The molecule has 0 radical (unpaired) electrons. The van der Waals surface area contributed by atoms with E-state index in [9.17, 15) is 0 Å². The second-order valence-electron chi connectivity index (χ2n) is 1.92. The highest BCUT2D eigenvalue weighted by molar-refractivity contribution is 7.78. The second-order valence-corrected chi connectivity index (χ2v) is 2.26. The molecule has 2 heteroatoms. The number of thiocarbonyl (C=S) groups is 1. The molecule has 0 atom stereocenters. The molecule has 0 N–H and O–H groups in total. The van der Waals surface area contributed by atoms with E-state index >= 15 is 0 Å². The molecule has 0 fully saturated rings. The Balaban J connectivity index is 2.76. The first-order valence-electron chi connectivity index (χ1n) is 3.22. The van der Waals surface area contributed by atoms with Crippen LogP contribution in [0.1, 0.15) is 32.1 Å². The molecule has 0 rings (SSSR count). The third kappa shape index (κ3) is 7.58. The molecular weight excluding hydrogens is 130 g/mol. The maximum absolute atomic E-state index is 8.14. The Hall–Kier alpha value is -0.420. The van der Waals surface area contributed by atoms with Crippen molar-refractivity contribution in [2.75, 3.05) is 0 Å². The lowest BCUT2D eigenvalue weighted by Crippen LogP contribution is -1.76. The molecule has 50 valence electrons. The topological polar surface area (TPSA) is 23.8 Å². The maximum Gasteiger partial charge on any atom is 0.0621 e. The van der Waals surface area contributed by atoms with Gasteiger partial charge in [0.15, 0.2) is 0 Å². The van der Waals surface area contributed by atoms with Crippen LogP contribution in [0.4, 0.5) is 0 Å². The molecule has 0 aliphatic carbocycles. The molecule has 0 unspecified atom stereocenters. The van der Waals surface area contributed by atoms with Gasteiger partial charge in [0.2, 0.25) is 0 Å². The molecule has 0 spiro atoms. The number of nitrogens with zero attached hydrogens (tertiary/aromatic N) is 1. The first kappa shape index (κ1) is 8.58. The summed E-state index contributed by atoms with van der Waals surface area (Å²) in [6, 6.07) is 2.11. The van der Waals surface area contributed by atoms with E-state index in [0.717, 1.165) is 25.7 Å². The van der Waals surface area contributed by atoms with Crippen LogP contribution >= 0.6 is 12.2 Å². The fraction of sp³-hybridized carbons (Fsp3) is 0.714. The van der Waals surface area contributed by atoms with Crippen molar-refractivity contribution in [3.8, 4) is 6.07 Å². The average Bonchev–Trinajstić information content (AvgIpc) is 1.89. The Morgan fingerprint density at radius 3 is 2.67 bits per heavy atom. The van der Waals surface area contributed by atoms with Gasteiger partial charge in [0, 0.05) is 6.42 Å². The van der Waals surface area contributed by atoms with Crippen LogP contribution in [0.15, 0.2) is 0 Å². The fourth-order valence-electron chi connectivity index (χ4n) is 0.609. The van der Waals surface area contributed by atoms with Gasteiger partial charge in [0.25, 0.3) is 0 Å². The van der Waals surface area contributed by atoms with E-state index in [4.69, 9.17) is 5.26 Å². The Morgan fingerprint density at radius 1 is 1.33 bits per heavy atom. The van der Waals surface area contributed by atoms with E-state index in [1.165, 1.54) is 0 Å². The number of rotatable bonds is 5. The van der Waals surface area contributed by atoms with E-state index in [1.54, 1.807) is 5.37 Å². The fourth-order valence-corrected chi connectivity index (χ4v) is 0.775. The molecule has 0 heterocycles. The molecule has 0 saturated carbocycles. The van der Waals surface area contributed by atoms with Crippen LogP contribution in [0.5, 0.6) is 0 Å². The first-order chi connectivity index (χ1) is 4.41. The Bertz CT molecular complexity index is 104. The van der Waals surface area contributed by atoms with Gasteiger partial charge in [-0.05, 0) is 24.6 Å². The molecule has 1 nitrogen and oxygen atoms in total. The van der Waals surface area contributed by atoms with Crippen molar-refractivity contribution in [2.24, 2.45) is 0 Å². The van der Waals surface area contributed by atoms with Gasteiger partial charge in [-0.3, -0.25) is 0 Å². The predicted octanol–water partition coefficient (Wildman–Crippen LogP) is 2.46. The zero-order chi connectivity index (χ0) is 6.95. The summed E-state index contributed by atoms with van der Waals surface area (Å²) in [6.45, 7) is 0. The van der Waals surface area contributed by atoms with Gasteiger partial charge >= 0.3 is 0 Å². The van der Waals surface area contributed by atoms with E-state index in [2.05, 4.69) is 18.3 Å². The molecule has 0 aliphatic heterocycles. The van der Waals surface area contributed by atoms with Crippen molar-refractivity contribution in [1.82, 2.24) is 0 Å². The minimum atomic E-state index is 0.692. The lowest BCUT2D eigenvalue weighted by molar-refractivity contribution is 0.715. The van der Waals surface area contributed by atoms with E-state index in [0.29, 0.717) is 6.42 Å². The Kier molecular flexibility index (Phi) is 7.23. The minimum absolute atomic E-state index is 0.692. The SMILES string of the molecule is N#CCCCCCC=S. The molecule has 0 amide bonds. The second kappa shape index (κ2) is 7.58. The number of hydrogen-bond acceptors (Lipinski definition) is 2. The van der Waals surface area contributed by atoms with Crippen LogP contribution in [0.25, 0.3) is 0 Å². The Morgan fingerprint density at radius 2 is 2.11 bits per heavy atom. The third-order valence-corrected chi connectivity index (χ3v) is 1.35. The summed E-state index contributed by atoms with van der Waals surface area (Å²) in [5.41, 5.74) is 0. The van der Waals surface area contributed by atoms with Crippen molar-refractivity contribution in [2.45, 2.75) is 32.1 Å². The molecule has 9 heavy (non-hydrogen) atoms. The summed E-state index contributed by atoms with van der Waals surface area (Å²) in [7, 11) is 0. The first-order valence-corrected chi connectivity index (χ1v) is 3.69. The van der Waals surface area contributed by atoms with Crippen LogP contribution in [0, 0.1) is 11.3 Å². The number of hydrogen-bond donors (Lipinski definition) is 0. The van der Waals surface area contributed by atoms with Gasteiger partial charge < -0.3 is 0 Å².